The first-order valence-electron chi connectivity index (χ1n) is 12.2. The normalized spacial score (nSPS) is 11.7. The Morgan fingerprint density at radius 3 is 2.26 bits per heavy atom. The monoisotopic (exact) mass is 608 g/mol. The summed E-state index contributed by atoms with van der Waals surface area (Å²) in [5, 5.41) is 1.59. The number of fused-ring (bicyclic) bond motifs is 1. The number of nitrogens with one attached hydrogen (secondary N) is 2. The Morgan fingerprint density at radius 2 is 1.57 bits per heavy atom. The van der Waals surface area contributed by atoms with Crippen LogP contribution in [0.15, 0.2) is 102 Å². The van der Waals surface area contributed by atoms with Crippen molar-refractivity contribution in [1.29, 1.82) is 0 Å². The van der Waals surface area contributed by atoms with E-state index in [0.717, 1.165) is 34.1 Å². The Labute approximate surface area is 240 Å². The predicted molar refractivity (Wildman–Crippen MR) is 157 cm³/mol. The maximum absolute atomic E-state index is 14.3. The quantitative estimate of drug-likeness (QED) is 0.212. The molecule has 0 aliphatic carbocycles. The van der Waals surface area contributed by atoms with Gasteiger partial charge in [0.1, 0.15) is 22.2 Å². The lowest BCUT2D eigenvalue weighted by Gasteiger charge is -2.14. The maximum Gasteiger partial charge on any atom is 0.264 e. The smallest absolute Gasteiger partial charge is 0.264 e. The van der Waals surface area contributed by atoms with Crippen LogP contribution in [0.3, 0.4) is 0 Å². The van der Waals surface area contributed by atoms with E-state index in [1.807, 2.05) is 12.1 Å². The fourth-order valence-electron chi connectivity index (χ4n) is 4.24. The third kappa shape index (κ3) is 5.92. The summed E-state index contributed by atoms with van der Waals surface area (Å²) in [6.45, 7) is 3.28. The highest BCUT2D eigenvalue weighted by atomic mass is 32.2. The van der Waals surface area contributed by atoms with E-state index in [9.17, 15) is 25.6 Å². The molecule has 0 spiro atoms. The van der Waals surface area contributed by atoms with Crippen LogP contribution in [0, 0.1) is 11.6 Å². The van der Waals surface area contributed by atoms with Crippen molar-refractivity contribution in [2.45, 2.75) is 4.90 Å². The van der Waals surface area contributed by atoms with Crippen LogP contribution in [0.4, 0.5) is 20.2 Å². The number of rotatable bonds is 9. The molecule has 3 aromatic carbocycles. The van der Waals surface area contributed by atoms with Gasteiger partial charge in [0.15, 0.2) is 0 Å². The molecule has 0 amide bonds. The molecule has 2 heterocycles. The Kier molecular flexibility index (Phi) is 7.63. The Hall–Kier alpha value is -4.88. The number of aromatic nitrogens is 2. The number of hydrogen-bond acceptors (Lipinski definition) is 7. The number of hydrogen-bond donors (Lipinski definition) is 2. The summed E-state index contributed by atoms with van der Waals surface area (Å²) in [5.74, 6) is -2.21. The van der Waals surface area contributed by atoms with Crippen LogP contribution in [0.5, 0.6) is 5.88 Å². The summed E-state index contributed by atoms with van der Waals surface area (Å²) in [6.07, 6.45) is 3.15. The third-order valence-electron chi connectivity index (χ3n) is 6.22. The van der Waals surface area contributed by atoms with Crippen LogP contribution in [0.1, 0.15) is 0 Å². The number of nitrogens with zero attached hydrogens (tertiary/aromatic N) is 2. The maximum atomic E-state index is 14.3. The number of benzene rings is 3. The zero-order valence-electron chi connectivity index (χ0n) is 21.9. The molecule has 0 aliphatic heterocycles. The number of ether oxygens (including phenoxy) is 1. The van der Waals surface area contributed by atoms with Gasteiger partial charge in [0.25, 0.3) is 20.0 Å². The summed E-state index contributed by atoms with van der Waals surface area (Å²) in [6, 6.07) is 17.7. The highest BCUT2D eigenvalue weighted by Crippen LogP contribution is 2.35. The van der Waals surface area contributed by atoms with Crippen molar-refractivity contribution in [3.63, 3.8) is 0 Å². The molecule has 9 nitrogen and oxygen atoms in total. The van der Waals surface area contributed by atoms with E-state index in [4.69, 9.17) is 4.74 Å². The lowest BCUT2D eigenvalue weighted by Crippen LogP contribution is -2.15. The second-order valence-corrected chi connectivity index (χ2v) is 12.2. The summed E-state index contributed by atoms with van der Waals surface area (Å²) in [4.78, 5) is 7.91. The zero-order chi connectivity index (χ0) is 30.1. The first-order chi connectivity index (χ1) is 20.0. The van der Waals surface area contributed by atoms with Crippen molar-refractivity contribution in [3.05, 3.63) is 109 Å². The molecule has 42 heavy (non-hydrogen) atoms. The minimum atomic E-state index is -4.46. The van der Waals surface area contributed by atoms with Gasteiger partial charge in [-0.15, -0.1) is 0 Å². The van der Waals surface area contributed by atoms with Gasteiger partial charge in [-0.25, -0.2) is 30.6 Å². The van der Waals surface area contributed by atoms with Crippen LogP contribution in [-0.2, 0) is 20.0 Å². The largest absolute Gasteiger partial charge is 0.480 e. The van der Waals surface area contributed by atoms with E-state index in [1.54, 1.807) is 42.6 Å². The number of sulfonamides is 2. The van der Waals surface area contributed by atoms with Crippen molar-refractivity contribution in [2.75, 3.05) is 16.6 Å². The van der Waals surface area contributed by atoms with Crippen LogP contribution in [0.25, 0.3) is 33.2 Å². The third-order valence-corrected chi connectivity index (χ3v) is 8.58. The summed E-state index contributed by atoms with van der Waals surface area (Å²) in [5.41, 5.74) is 3.79. The van der Waals surface area contributed by atoms with Crippen molar-refractivity contribution in [2.24, 2.45) is 0 Å². The highest BCUT2D eigenvalue weighted by Gasteiger charge is 2.22. The first kappa shape index (κ1) is 28.6. The molecule has 0 radical (unpaired) electrons. The molecular formula is C29H22F2N4O5S2. The number of methoxy groups -OCH3 is 1. The minimum absolute atomic E-state index is 0.0530. The molecule has 214 valence electrons. The van der Waals surface area contributed by atoms with E-state index in [2.05, 4.69) is 26.0 Å². The molecular weight excluding hydrogens is 586 g/mol. The van der Waals surface area contributed by atoms with Crippen molar-refractivity contribution in [1.82, 2.24) is 9.97 Å². The van der Waals surface area contributed by atoms with Gasteiger partial charge >= 0.3 is 0 Å². The fourth-order valence-corrected chi connectivity index (χ4v) is 5.90. The number of halogens is 2. The van der Waals surface area contributed by atoms with Gasteiger partial charge in [0, 0.05) is 40.5 Å². The molecule has 0 aliphatic rings. The standard InChI is InChI=1S/C29H22F2N4O5S2/c1-3-41(36,37)34-22-8-4-18(5-9-22)23-12-13-32-26-10-6-19(14-24(23)26)20-15-27(29(40-2)33-17-20)35-42(38,39)28-11-7-21(30)16-25(28)31/h3-17,34-35H,1H2,2H3. The van der Waals surface area contributed by atoms with E-state index in [-0.39, 0.29) is 11.6 Å². The summed E-state index contributed by atoms with van der Waals surface area (Å²) >= 11 is 0. The molecule has 0 bridgehead atoms. The van der Waals surface area contributed by atoms with E-state index < -0.39 is 36.6 Å². The molecule has 13 heteroatoms. The van der Waals surface area contributed by atoms with Crippen molar-refractivity contribution >= 4 is 42.3 Å². The lowest BCUT2D eigenvalue weighted by molar-refractivity contribution is 0.400. The van der Waals surface area contributed by atoms with Crippen LogP contribution in [0.2, 0.25) is 0 Å². The zero-order valence-corrected chi connectivity index (χ0v) is 23.5. The van der Waals surface area contributed by atoms with Gasteiger partial charge < -0.3 is 4.74 Å². The molecule has 5 rings (SSSR count). The predicted octanol–water partition coefficient (Wildman–Crippen LogP) is 5.94. The topological polar surface area (TPSA) is 127 Å². The molecule has 0 unspecified atom stereocenters. The van der Waals surface area contributed by atoms with E-state index >= 15 is 0 Å². The Morgan fingerprint density at radius 1 is 0.833 bits per heavy atom. The molecule has 2 aromatic heterocycles. The molecule has 2 N–H and O–H groups in total. The Balaban J connectivity index is 1.53. The number of pyridine rings is 2. The van der Waals surface area contributed by atoms with Crippen molar-refractivity contribution < 1.29 is 30.4 Å². The van der Waals surface area contributed by atoms with Crippen LogP contribution in [-0.4, -0.2) is 33.9 Å². The Bertz CT molecular complexity index is 2050. The first-order valence-corrected chi connectivity index (χ1v) is 15.2. The highest BCUT2D eigenvalue weighted by molar-refractivity contribution is 7.95. The second kappa shape index (κ2) is 11.2. The second-order valence-electron chi connectivity index (χ2n) is 8.94. The van der Waals surface area contributed by atoms with E-state index in [0.29, 0.717) is 28.4 Å². The van der Waals surface area contributed by atoms with Crippen molar-refractivity contribution in [3.8, 4) is 28.1 Å². The average Bonchev–Trinajstić information content (AvgIpc) is 2.96. The van der Waals surface area contributed by atoms with Crippen LogP contribution >= 0.6 is 0 Å². The fraction of sp³-hybridized carbons (Fsp3) is 0.0345. The number of anilines is 2. The SMILES string of the molecule is C=CS(=O)(=O)Nc1ccc(-c2ccnc3ccc(-c4cnc(OC)c(NS(=O)(=O)c5ccc(F)cc5F)c4)cc23)cc1. The van der Waals surface area contributed by atoms with E-state index in [1.165, 1.54) is 19.4 Å². The van der Waals surface area contributed by atoms with Gasteiger partial charge in [-0.05, 0) is 65.2 Å². The summed E-state index contributed by atoms with van der Waals surface area (Å²) < 4.78 is 87.0. The lowest BCUT2D eigenvalue weighted by atomic mass is 9.97. The minimum Gasteiger partial charge on any atom is -0.480 e. The average molecular weight is 609 g/mol. The van der Waals surface area contributed by atoms with Gasteiger partial charge in [-0.2, -0.15) is 0 Å². The van der Waals surface area contributed by atoms with Crippen LogP contribution < -0.4 is 14.2 Å². The molecule has 0 saturated carbocycles. The van der Waals surface area contributed by atoms with Gasteiger partial charge in [0.05, 0.1) is 12.6 Å². The van der Waals surface area contributed by atoms with Gasteiger partial charge in [0.2, 0.25) is 5.88 Å². The molecule has 5 aromatic rings. The molecule has 0 atom stereocenters. The molecule has 0 fully saturated rings. The molecule has 0 saturated heterocycles. The van der Waals surface area contributed by atoms with Gasteiger partial charge in [-0.1, -0.05) is 24.8 Å². The van der Waals surface area contributed by atoms with Gasteiger partial charge in [-0.3, -0.25) is 14.4 Å². The summed E-state index contributed by atoms with van der Waals surface area (Å²) in [7, 11) is -6.80.